The molecule has 12 radical (unpaired) electrons. The van der Waals surface area contributed by atoms with Crippen molar-refractivity contribution in [3.63, 3.8) is 0 Å². The van der Waals surface area contributed by atoms with Crippen molar-refractivity contribution < 1.29 is 26.0 Å². The predicted octanol–water partition coefficient (Wildman–Crippen LogP) is 0.667. The average Bonchev–Trinajstić information content (AvgIpc) is 3.26. The van der Waals surface area contributed by atoms with Gasteiger partial charge in [0.15, 0.2) is 0 Å². The lowest BCUT2D eigenvalue weighted by molar-refractivity contribution is -0.137. The smallest absolute Gasteiger partial charge is 0.351 e. The average molecular weight is 614 g/mol. The Hall–Kier alpha value is -2.71. The summed E-state index contributed by atoms with van der Waals surface area (Å²) in [7, 11) is 30.8. The number of benzene rings is 1. The molecule has 44 heavy (non-hydrogen) atoms. The molecule has 1 fully saturated rings. The molecule has 218 valence electrons. The van der Waals surface area contributed by atoms with Gasteiger partial charge in [-0.3, -0.25) is 0 Å². The van der Waals surface area contributed by atoms with Crippen LogP contribution in [0.2, 0.25) is 0 Å². The first kappa shape index (κ1) is 34.2. The van der Waals surface area contributed by atoms with Crippen LogP contribution in [0.3, 0.4) is 0 Å². The molecule has 0 bridgehead atoms. The minimum absolute atomic E-state index is 0.0332. The maximum absolute atomic E-state index is 15.4. The summed E-state index contributed by atoms with van der Waals surface area (Å²) in [6.07, 6.45) is -1.04. The molecule has 0 amide bonds. The third-order valence-corrected chi connectivity index (χ3v) is 8.33. The predicted molar refractivity (Wildman–Crippen MR) is 163 cm³/mol. The van der Waals surface area contributed by atoms with Gasteiger partial charge in [-0.15, -0.1) is 0 Å². The number of nitrogens with zero attached hydrogens (tertiary/aromatic N) is 6. The van der Waals surface area contributed by atoms with Crippen LogP contribution in [-0.4, -0.2) is 120 Å². The van der Waals surface area contributed by atoms with Gasteiger partial charge in [0.1, 0.15) is 28.6 Å². The lowest BCUT2D eigenvalue weighted by Gasteiger charge is -2.48. The molecule has 1 saturated heterocycles. The number of rotatable bonds is 9. The Morgan fingerprint density at radius 1 is 1.05 bits per heavy atom. The van der Waals surface area contributed by atoms with Gasteiger partial charge in [0.05, 0.1) is 59.0 Å². The first-order chi connectivity index (χ1) is 20.1. The Kier molecular flexibility index (Phi) is 9.50. The van der Waals surface area contributed by atoms with E-state index in [1.807, 2.05) is 0 Å². The van der Waals surface area contributed by atoms with Gasteiger partial charge >= 0.3 is 6.18 Å². The molecule has 2 aromatic heterocycles. The number of halogens is 4. The monoisotopic (exact) mass is 615 g/mol. The van der Waals surface area contributed by atoms with Gasteiger partial charge in [-0.1, -0.05) is 16.5 Å². The second-order valence-electron chi connectivity index (χ2n) is 10.7. The number of alkyl halides is 3. The highest BCUT2D eigenvalue weighted by Crippen LogP contribution is 2.36. The normalized spacial score (nSPS) is 16.0. The summed E-state index contributed by atoms with van der Waals surface area (Å²) in [6, 6.07) is 3.68. The molecule has 0 aliphatic carbocycles. The van der Waals surface area contributed by atoms with Gasteiger partial charge in [-0.2, -0.15) is 13.2 Å². The Morgan fingerprint density at radius 3 is 2.18 bits per heavy atom. The van der Waals surface area contributed by atoms with E-state index in [9.17, 15) is 21.6 Å². The first-order valence-corrected chi connectivity index (χ1v) is 15.0. The molecule has 1 aromatic carbocycles. The van der Waals surface area contributed by atoms with Crippen molar-refractivity contribution in [2.75, 3.05) is 24.7 Å². The second kappa shape index (κ2) is 12.2. The van der Waals surface area contributed by atoms with Crippen LogP contribution in [0, 0.1) is 12.7 Å². The van der Waals surface area contributed by atoms with Crippen molar-refractivity contribution in [1.82, 2.24) is 28.7 Å². The molecule has 0 unspecified atom stereocenters. The van der Waals surface area contributed by atoms with E-state index < -0.39 is 43.7 Å². The van der Waals surface area contributed by atoms with E-state index in [0.29, 0.717) is 19.0 Å². The van der Waals surface area contributed by atoms with Gasteiger partial charge in [0.25, 0.3) is 0 Å². The summed E-state index contributed by atoms with van der Waals surface area (Å²) in [5.41, 5.74) is -1.59. The quantitative estimate of drug-likeness (QED) is 0.280. The van der Waals surface area contributed by atoms with Gasteiger partial charge in [0.2, 0.25) is 16.0 Å². The highest BCUT2D eigenvalue weighted by Gasteiger charge is 2.37. The van der Waals surface area contributed by atoms with Crippen LogP contribution in [0.25, 0.3) is 17.1 Å². The number of sulfonamides is 1. The molecule has 0 atom stereocenters. The van der Waals surface area contributed by atoms with Crippen LogP contribution in [0.4, 0.5) is 23.5 Å². The maximum Gasteiger partial charge on any atom is 0.420 e. The van der Waals surface area contributed by atoms with Crippen molar-refractivity contribution >= 4 is 63.0 Å². The Bertz CT molecular complexity index is 1610. The van der Waals surface area contributed by atoms with Gasteiger partial charge in [-0.25, -0.2) is 32.1 Å². The van der Waals surface area contributed by atoms with Crippen molar-refractivity contribution in [2.24, 2.45) is 0 Å². The fourth-order valence-corrected chi connectivity index (χ4v) is 5.71. The SMILES string of the molecule is [B]C([B])([B])N(Cc1ccc(-n2cc(-c3nc(NC4CCN(S(C)(=O)=O)CC4)ncc3C(F)(F)F)nc2C)c(F)c1)C([B])([B])[B]. The number of nitrogens with one attached hydrogen (secondary N) is 1. The number of aryl methyl sites for hydroxylation is 1. The molecule has 3 aromatic rings. The van der Waals surface area contributed by atoms with E-state index >= 15 is 4.39 Å². The van der Waals surface area contributed by atoms with Gasteiger partial charge < -0.3 is 14.8 Å². The maximum atomic E-state index is 15.4. The van der Waals surface area contributed by atoms with Crippen molar-refractivity contribution in [3.05, 3.63) is 53.4 Å². The van der Waals surface area contributed by atoms with Crippen molar-refractivity contribution in [2.45, 2.75) is 49.0 Å². The zero-order valence-electron chi connectivity index (χ0n) is 23.9. The summed E-state index contributed by atoms with van der Waals surface area (Å²) in [5, 5.41) is -1.10. The number of anilines is 1. The summed E-state index contributed by atoms with van der Waals surface area (Å²) < 4.78 is 83.4. The molecule has 1 N–H and O–H groups in total. The topological polar surface area (TPSA) is 96.2 Å². The fraction of sp³-hybridized carbons (Fsp3) is 0.458. The molecule has 0 spiro atoms. The standard InChI is InChI=1S/C24H23B6F4N7O2S/c1-13-36-18(12-40(13)19-4-3-14(9-17(19)31)11-41(23(25,26)27)24(28,29)30)20-16(22(32,33)34)10-35-21(38-20)37-15-5-7-39(8-6-15)44(2,42)43/h3-4,9-10,12,15H,5-8,11H2,1-2H3,(H,35,37,38). The van der Waals surface area contributed by atoms with E-state index in [1.54, 1.807) is 0 Å². The Labute approximate surface area is 261 Å². The van der Waals surface area contributed by atoms with E-state index in [0.717, 1.165) is 17.2 Å². The summed E-state index contributed by atoms with van der Waals surface area (Å²) in [5.74, 6) is -0.702. The molecule has 3 heterocycles. The largest absolute Gasteiger partial charge is 0.420 e. The van der Waals surface area contributed by atoms with Crippen LogP contribution in [0.5, 0.6) is 0 Å². The van der Waals surface area contributed by atoms with Crippen LogP contribution in [0.15, 0.2) is 30.6 Å². The third-order valence-electron chi connectivity index (χ3n) is 7.02. The van der Waals surface area contributed by atoms with Crippen LogP contribution in [0.1, 0.15) is 29.8 Å². The molecular formula is C24H23B6F4N7O2S. The number of imidazole rings is 1. The molecule has 0 saturated carbocycles. The number of piperidine rings is 1. The van der Waals surface area contributed by atoms with Crippen LogP contribution < -0.4 is 5.32 Å². The van der Waals surface area contributed by atoms with Crippen molar-refractivity contribution in [3.8, 4) is 17.1 Å². The number of aromatic nitrogens is 4. The van der Waals surface area contributed by atoms with Gasteiger partial charge in [-0.05, 0) is 37.5 Å². The summed E-state index contributed by atoms with van der Waals surface area (Å²) >= 11 is 0. The van der Waals surface area contributed by atoms with E-state index in [1.165, 1.54) is 34.1 Å². The Morgan fingerprint density at radius 2 is 1.66 bits per heavy atom. The molecule has 9 nitrogen and oxygen atoms in total. The van der Waals surface area contributed by atoms with E-state index in [-0.39, 0.29) is 54.4 Å². The molecule has 1 aliphatic heterocycles. The molecule has 1 aliphatic rings. The number of hydrogen-bond donors (Lipinski definition) is 1. The zero-order chi connectivity index (χ0) is 32.8. The zero-order valence-corrected chi connectivity index (χ0v) is 24.7. The highest BCUT2D eigenvalue weighted by atomic mass is 32.2. The summed E-state index contributed by atoms with van der Waals surface area (Å²) in [4.78, 5) is 13.1. The molecule has 4 rings (SSSR count). The minimum atomic E-state index is -4.82. The Balaban J connectivity index is 1.63. The van der Waals surface area contributed by atoms with Crippen molar-refractivity contribution in [1.29, 1.82) is 0 Å². The third kappa shape index (κ3) is 7.92. The highest BCUT2D eigenvalue weighted by molar-refractivity contribution is 7.88. The lowest BCUT2D eigenvalue weighted by Crippen LogP contribution is -2.63. The summed E-state index contributed by atoms with van der Waals surface area (Å²) in [6.45, 7) is 1.73. The van der Waals surface area contributed by atoms with Gasteiger partial charge in [0, 0.05) is 38.1 Å². The second-order valence-corrected chi connectivity index (χ2v) is 12.7. The van der Waals surface area contributed by atoms with E-state index in [2.05, 4.69) is 20.3 Å². The van der Waals surface area contributed by atoms with Crippen LogP contribution >= 0.6 is 0 Å². The minimum Gasteiger partial charge on any atom is -0.351 e. The van der Waals surface area contributed by atoms with Crippen LogP contribution in [-0.2, 0) is 22.7 Å². The van der Waals surface area contributed by atoms with E-state index in [4.69, 9.17) is 47.1 Å². The molecule has 20 heteroatoms. The lowest BCUT2D eigenvalue weighted by atomic mass is 9.40. The fourth-order valence-electron chi connectivity index (χ4n) is 4.84. The first-order valence-electron chi connectivity index (χ1n) is 13.2. The number of hydrogen-bond acceptors (Lipinski definition) is 7. The molecular weight excluding hydrogens is 591 g/mol.